The summed E-state index contributed by atoms with van der Waals surface area (Å²) < 4.78 is 10.6. The van der Waals surface area contributed by atoms with Crippen molar-refractivity contribution in [3.05, 3.63) is 71.4 Å². The first-order valence-electron chi connectivity index (χ1n) is 6.90. The Kier molecular flexibility index (Phi) is 4.59. The Morgan fingerprint density at radius 3 is 2.61 bits per heavy atom. The van der Waals surface area contributed by atoms with Crippen molar-refractivity contribution < 1.29 is 13.9 Å². The van der Waals surface area contributed by atoms with Crippen LogP contribution in [0.25, 0.3) is 11.3 Å². The number of ether oxygens (including phenoxy) is 1. The highest BCUT2D eigenvalue weighted by Crippen LogP contribution is 2.24. The third kappa shape index (κ3) is 4.11. The van der Waals surface area contributed by atoms with Crippen LogP contribution in [0.2, 0.25) is 5.02 Å². The smallest absolute Gasteiger partial charge is 0.415 e. The van der Waals surface area contributed by atoms with E-state index in [9.17, 15) is 4.79 Å². The summed E-state index contributed by atoms with van der Waals surface area (Å²) in [4.78, 5) is 15.7. The summed E-state index contributed by atoms with van der Waals surface area (Å²) >= 11 is 5.84. The van der Waals surface area contributed by atoms with Gasteiger partial charge in [0.05, 0.1) is 6.20 Å². The molecule has 2 aromatic carbocycles. The number of nitrogens with zero attached hydrogens (tertiary/aromatic N) is 1. The molecule has 0 saturated carbocycles. The van der Waals surface area contributed by atoms with Crippen LogP contribution < -0.4 is 5.32 Å². The monoisotopic (exact) mass is 328 g/mol. The van der Waals surface area contributed by atoms with Gasteiger partial charge in [0.1, 0.15) is 6.61 Å². The molecule has 3 aromatic rings. The van der Waals surface area contributed by atoms with Gasteiger partial charge in [0.2, 0.25) is 0 Å². The number of amides is 1. The molecule has 1 amide bonds. The van der Waals surface area contributed by atoms with Gasteiger partial charge in [0.15, 0.2) is 5.76 Å². The van der Waals surface area contributed by atoms with Crippen LogP contribution in [0.1, 0.15) is 5.56 Å². The summed E-state index contributed by atoms with van der Waals surface area (Å²) in [5.41, 5.74) is 1.71. The number of benzene rings is 2. The summed E-state index contributed by atoms with van der Waals surface area (Å²) in [6.45, 7) is 0.178. The van der Waals surface area contributed by atoms with Gasteiger partial charge in [0.25, 0.3) is 0 Å². The lowest BCUT2D eigenvalue weighted by atomic mass is 10.2. The number of halogens is 1. The molecular formula is C17H13ClN2O3. The van der Waals surface area contributed by atoms with Crippen LogP contribution in [0.4, 0.5) is 10.8 Å². The number of nitrogens with one attached hydrogen (secondary N) is 1. The van der Waals surface area contributed by atoms with Crippen molar-refractivity contribution in [1.82, 2.24) is 4.98 Å². The Balaban J connectivity index is 1.58. The molecule has 0 atom stereocenters. The highest BCUT2D eigenvalue weighted by molar-refractivity contribution is 6.30. The third-order valence-electron chi connectivity index (χ3n) is 3.06. The number of carbonyl (C=O) groups excluding carboxylic acids is 1. The van der Waals surface area contributed by atoms with Gasteiger partial charge < -0.3 is 9.15 Å². The molecule has 116 valence electrons. The minimum atomic E-state index is -0.627. The lowest BCUT2D eigenvalue weighted by molar-refractivity contribution is 0.154. The quantitative estimate of drug-likeness (QED) is 0.751. The van der Waals surface area contributed by atoms with E-state index in [1.54, 1.807) is 24.3 Å². The van der Waals surface area contributed by atoms with Gasteiger partial charge in [-0.25, -0.2) is 15.1 Å². The van der Waals surface area contributed by atoms with Crippen molar-refractivity contribution in [3.63, 3.8) is 0 Å². The number of carbonyl (C=O) groups is 1. The highest BCUT2D eigenvalue weighted by Gasteiger charge is 2.10. The Morgan fingerprint density at radius 1 is 1.13 bits per heavy atom. The van der Waals surface area contributed by atoms with E-state index >= 15 is 0 Å². The van der Waals surface area contributed by atoms with E-state index < -0.39 is 6.09 Å². The molecule has 0 saturated heterocycles. The van der Waals surface area contributed by atoms with Crippen molar-refractivity contribution in [2.24, 2.45) is 0 Å². The first-order valence-corrected chi connectivity index (χ1v) is 7.28. The van der Waals surface area contributed by atoms with Gasteiger partial charge in [-0.2, -0.15) is 0 Å². The van der Waals surface area contributed by atoms with Gasteiger partial charge in [0, 0.05) is 10.6 Å². The van der Waals surface area contributed by atoms with E-state index in [2.05, 4.69) is 10.3 Å². The van der Waals surface area contributed by atoms with Crippen molar-refractivity contribution in [3.8, 4) is 11.3 Å². The van der Waals surface area contributed by atoms with Gasteiger partial charge in [-0.1, -0.05) is 41.9 Å². The van der Waals surface area contributed by atoms with E-state index in [1.807, 2.05) is 30.3 Å². The maximum atomic E-state index is 11.7. The lowest BCUT2D eigenvalue weighted by Crippen LogP contribution is -2.13. The fourth-order valence-corrected chi connectivity index (χ4v) is 2.05. The van der Waals surface area contributed by atoms with Crippen LogP contribution in [0.5, 0.6) is 0 Å². The fraction of sp³-hybridized carbons (Fsp3) is 0.0588. The summed E-state index contributed by atoms with van der Waals surface area (Å²) in [6.07, 6.45) is 0.897. The molecular weight excluding hydrogens is 316 g/mol. The van der Waals surface area contributed by atoms with Crippen molar-refractivity contribution >= 4 is 23.7 Å². The number of anilines is 1. The van der Waals surface area contributed by atoms with Crippen LogP contribution in [0.15, 0.2) is 65.2 Å². The van der Waals surface area contributed by atoms with E-state index in [1.165, 1.54) is 6.20 Å². The average Bonchev–Trinajstić information content (AvgIpc) is 3.03. The number of hydrogen-bond acceptors (Lipinski definition) is 4. The molecule has 1 heterocycles. The van der Waals surface area contributed by atoms with E-state index in [0.29, 0.717) is 10.8 Å². The molecule has 0 aliphatic carbocycles. The first kappa shape index (κ1) is 15.1. The second kappa shape index (κ2) is 6.98. The van der Waals surface area contributed by atoms with E-state index in [4.69, 9.17) is 20.8 Å². The normalized spacial score (nSPS) is 10.3. The van der Waals surface area contributed by atoms with E-state index in [-0.39, 0.29) is 12.6 Å². The second-order valence-electron chi connectivity index (χ2n) is 4.72. The van der Waals surface area contributed by atoms with Crippen LogP contribution in [0, 0.1) is 0 Å². The molecule has 5 nitrogen and oxygen atoms in total. The standard InChI is InChI=1S/C17H13ClN2O3/c18-14-8-6-13(7-9-14)15-10-19-16(23-15)20-17(21)22-11-12-4-2-1-3-5-12/h1-10H,11H2,(H,19,20,21). The topological polar surface area (TPSA) is 64.4 Å². The number of hydrogen-bond donors (Lipinski definition) is 1. The zero-order valence-corrected chi connectivity index (χ0v) is 12.8. The van der Waals surface area contributed by atoms with Crippen LogP contribution >= 0.6 is 11.6 Å². The molecule has 0 unspecified atom stereocenters. The van der Waals surface area contributed by atoms with Crippen molar-refractivity contribution in [1.29, 1.82) is 0 Å². The Labute approximate surface area is 137 Å². The Hall–Kier alpha value is -2.79. The van der Waals surface area contributed by atoms with Gasteiger partial charge >= 0.3 is 12.1 Å². The summed E-state index contributed by atoms with van der Waals surface area (Å²) in [5.74, 6) is 0.528. The molecule has 0 fully saturated rings. The number of aromatic nitrogens is 1. The second-order valence-corrected chi connectivity index (χ2v) is 5.16. The SMILES string of the molecule is O=C(Nc1ncc(-c2ccc(Cl)cc2)o1)OCc1ccccc1. The van der Waals surface area contributed by atoms with E-state index in [0.717, 1.165) is 11.1 Å². The number of rotatable bonds is 4. The molecule has 23 heavy (non-hydrogen) atoms. The molecule has 6 heteroatoms. The predicted molar refractivity (Wildman–Crippen MR) is 87.2 cm³/mol. The van der Waals surface area contributed by atoms with Gasteiger partial charge in [-0.3, -0.25) is 0 Å². The third-order valence-corrected chi connectivity index (χ3v) is 3.31. The van der Waals surface area contributed by atoms with Crippen molar-refractivity contribution in [2.45, 2.75) is 6.61 Å². The molecule has 0 bridgehead atoms. The Bertz CT molecular complexity index is 785. The number of oxazole rings is 1. The fourth-order valence-electron chi connectivity index (χ4n) is 1.93. The predicted octanol–water partition coefficient (Wildman–Crippen LogP) is 4.74. The maximum Gasteiger partial charge on any atom is 0.415 e. The molecule has 0 spiro atoms. The molecule has 1 aromatic heterocycles. The van der Waals surface area contributed by atoms with Gasteiger partial charge in [-0.05, 0) is 29.8 Å². The minimum absolute atomic E-state index is 0.0769. The molecule has 0 radical (unpaired) electrons. The summed E-state index contributed by atoms with van der Waals surface area (Å²) in [7, 11) is 0. The molecule has 3 rings (SSSR count). The van der Waals surface area contributed by atoms with Crippen LogP contribution in [-0.4, -0.2) is 11.1 Å². The summed E-state index contributed by atoms with van der Waals surface area (Å²) in [6, 6.07) is 16.6. The highest BCUT2D eigenvalue weighted by atomic mass is 35.5. The van der Waals surface area contributed by atoms with Gasteiger partial charge in [-0.15, -0.1) is 0 Å². The lowest BCUT2D eigenvalue weighted by Gasteiger charge is -2.04. The minimum Gasteiger partial charge on any atom is -0.444 e. The largest absolute Gasteiger partial charge is 0.444 e. The first-order chi connectivity index (χ1) is 11.2. The molecule has 0 aliphatic rings. The Morgan fingerprint density at radius 2 is 1.87 bits per heavy atom. The van der Waals surface area contributed by atoms with Crippen molar-refractivity contribution in [2.75, 3.05) is 5.32 Å². The van der Waals surface area contributed by atoms with Crippen LogP contribution in [0.3, 0.4) is 0 Å². The maximum absolute atomic E-state index is 11.7. The average molecular weight is 329 g/mol. The van der Waals surface area contributed by atoms with Crippen LogP contribution in [-0.2, 0) is 11.3 Å². The summed E-state index contributed by atoms with van der Waals surface area (Å²) in [5, 5.41) is 3.08. The zero-order chi connectivity index (χ0) is 16.1. The molecule has 1 N–H and O–H groups in total. The molecule has 0 aliphatic heterocycles. The zero-order valence-electron chi connectivity index (χ0n) is 12.0.